The van der Waals surface area contributed by atoms with Gasteiger partial charge < -0.3 is 14.6 Å². The third kappa shape index (κ3) is 3.97. The molecular weight excluding hydrogens is 372 g/mol. The zero-order chi connectivity index (χ0) is 20.4. The van der Waals surface area contributed by atoms with Gasteiger partial charge in [-0.2, -0.15) is 0 Å². The maximum Gasteiger partial charge on any atom is 0.339 e. The van der Waals surface area contributed by atoms with Crippen molar-refractivity contribution in [2.75, 3.05) is 25.0 Å². The summed E-state index contributed by atoms with van der Waals surface area (Å²) in [5, 5.41) is 6.98. The van der Waals surface area contributed by atoms with Gasteiger partial charge in [-0.3, -0.25) is 14.7 Å². The fourth-order valence-electron chi connectivity index (χ4n) is 3.56. The fraction of sp³-hybridized carbons (Fsp3) is 0.333. The van der Waals surface area contributed by atoms with E-state index in [1.165, 1.54) is 0 Å². The van der Waals surface area contributed by atoms with Crippen LogP contribution in [0.15, 0.2) is 34.9 Å². The second kappa shape index (κ2) is 8.00. The second-order valence-corrected chi connectivity index (χ2v) is 7.00. The van der Waals surface area contributed by atoms with Crippen LogP contribution in [0.2, 0.25) is 0 Å². The van der Waals surface area contributed by atoms with E-state index in [1.54, 1.807) is 13.0 Å². The molecule has 0 saturated heterocycles. The molecule has 1 amide bonds. The molecule has 0 unspecified atom stereocenters. The van der Waals surface area contributed by atoms with Gasteiger partial charge in [-0.25, -0.2) is 4.79 Å². The lowest BCUT2D eigenvalue weighted by molar-refractivity contribution is -0.119. The molecule has 0 saturated carbocycles. The minimum atomic E-state index is -0.524. The number of nitrogens with one attached hydrogen (secondary N) is 1. The van der Waals surface area contributed by atoms with E-state index < -0.39 is 18.5 Å². The second-order valence-electron chi connectivity index (χ2n) is 7.00. The zero-order valence-corrected chi connectivity index (χ0v) is 16.4. The van der Waals surface area contributed by atoms with E-state index in [1.807, 2.05) is 24.3 Å². The van der Waals surface area contributed by atoms with Gasteiger partial charge in [0.2, 0.25) is 0 Å². The Hall–Kier alpha value is -3.26. The van der Waals surface area contributed by atoms with E-state index in [2.05, 4.69) is 22.3 Å². The van der Waals surface area contributed by atoms with Gasteiger partial charge in [0.1, 0.15) is 5.76 Å². The lowest BCUT2D eigenvalue weighted by Gasteiger charge is -2.28. The van der Waals surface area contributed by atoms with Gasteiger partial charge in [-0.15, -0.1) is 0 Å². The number of pyridine rings is 1. The highest BCUT2D eigenvalue weighted by atomic mass is 16.5. The van der Waals surface area contributed by atoms with Crippen molar-refractivity contribution in [3.8, 4) is 0 Å². The first kappa shape index (κ1) is 19.1. The van der Waals surface area contributed by atoms with Crippen molar-refractivity contribution in [3.05, 3.63) is 52.9 Å². The fourth-order valence-corrected chi connectivity index (χ4v) is 3.56. The van der Waals surface area contributed by atoms with Gasteiger partial charge in [0.15, 0.2) is 12.4 Å². The summed E-state index contributed by atoms with van der Waals surface area (Å²) < 4.78 is 10.3. The molecule has 3 aromatic rings. The number of nitrogens with zero attached hydrogens (tertiary/aromatic N) is 3. The summed E-state index contributed by atoms with van der Waals surface area (Å²) in [5.41, 5.74) is 3.05. The van der Waals surface area contributed by atoms with Gasteiger partial charge in [0.05, 0.1) is 11.1 Å². The number of aryl methyl sites for hydroxylation is 1. The van der Waals surface area contributed by atoms with Crippen LogP contribution in [0.25, 0.3) is 10.9 Å². The van der Waals surface area contributed by atoms with Crippen LogP contribution in [-0.2, 0) is 22.5 Å². The molecule has 4 rings (SSSR count). The van der Waals surface area contributed by atoms with Gasteiger partial charge >= 0.3 is 5.97 Å². The highest BCUT2D eigenvalue weighted by Crippen LogP contribution is 2.28. The molecule has 0 fully saturated rings. The van der Waals surface area contributed by atoms with Crippen LogP contribution in [0.5, 0.6) is 0 Å². The standard InChI is InChI=1S/C21H22N4O4/c1-3-25-9-8-17-15(11-25)20(14-6-4-5-7-16(14)22-17)21(27)28-12-19(26)23-18-10-13(2)29-24-18/h4-7,10H,3,8-9,11-12H2,1-2H3,(H,23,24,26). The molecule has 0 bridgehead atoms. The summed E-state index contributed by atoms with van der Waals surface area (Å²) in [4.78, 5) is 32.1. The topological polar surface area (TPSA) is 97.6 Å². The highest BCUT2D eigenvalue weighted by Gasteiger charge is 2.26. The van der Waals surface area contributed by atoms with Gasteiger partial charge in [0, 0.05) is 42.2 Å². The number of anilines is 1. The Kier molecular flexibility index (Phi) is 5.26. The predicted molar refractivity (Wildman–Crippen MR) is 107 cm³/mol. The average Bonchev–Trinajstić information content (AvgIpc) is 3.14. The van der Waals surface area contributed by atoms with Crippen molar-refractivity contribution in [2.45, 2.75) is 26.8 Å². The highest BCUT2D eigenvalue weighted by molar-refractivity contribution is 6.06. The molecule has 8 heteroatoms. The number of hydrogen-bond donors (Lipinski definition) is 1. The molecule has 150 valence electrons. The molecule has 29 heavy (non-hydrogen) atoms. The molecule has 1 aromatic carbocycles. The number of ether oxygens (including phenoxy) is 1. The summed E-state index contributed by atoms with van der Waals surface area (Å²) in [6.45, 7) is 5.84. The first-order chi connectivity index (χ1) is 14.0. The SMILES string of the molecule is CCN1CCc2nc3ccccc3c(C(=O)OCC(=O)Nc3cc(C)on3)c2C1. The van der Waals surface area contributed by atoms with Gasteiger partial charge in [-0.05, 0) is 19.5 Å². The van der Waals surface area contributed by atoms with Crippen LogP contribution in [0.4, 0.5) is 5.82 Å². The van der Waals surface area contributed by atoms with E-state index in [9.17, 15) is 9.59 Å². The number of carbonyl (C=O) groups excluding carboxylic acids is 2. The Morgan fingerprint density at radius 2 is 2.14 bits per heavy atom. The normalized spacial score (nSPS) is 13.9. The summed E-state index contributed by atoms with van der Waals surface area (Å²) in [6.07, 6.45) is 0.778. The number of aromatic nitrogens is 2. The van der Waals surface area contributed by atoms with E-state index in [0.717, 1.165) is 41.7 Å². The Balaban J connectivity index is 1.58. The van der Waals surface area contributed by atoms with Crippen molar-refractivity contribution in [2.24, 2.45) is 0 Å². The van der Waals surface area contributed by atoms with Crippen molar-refractivity contribution in [3.63, 3.8) is 0 Å². The van der Waals surface area contributed by atoms with Crippen LogP contribution >= 0.6 is 0 Å². The molecule has 1 N–H and O–H groups in total. The first-order valence-corrected chi connectivity index (χ1v) is 9.58. The Morgan fingerprint density at radius 1 is 1.31 bits per heavy atom. The minimum Gasteiger partial charge on any atom is -0.452 e. The number of hydrogen-bond acceptors (Lipinski definition) is 7. The maximum atomic E-state index is 13.0. The van der Waals surface area contributed by atoms with Gasteiger partial charge in [0.25, 0.3) is 5.91 Å². The average molecular weight is 394 g/mol. The van der Waals surface area contributed by atoms with Crippen molar-refractivity contribution in [1.29, 1.82) is 0 Å². The quantitative estimate of drug-likeness (QED) is 0.665. The van der Waals surface area contributed by atoms with Crippen LogP contribution in [0, 0.1) is 6.92 Å². The van der Waals surface area contributed by atoms with Gasteiger partial charge in [-0.1, -0.05) is 30.3 Å². The van der Waals surface area contributed by atoms with Crippen molar-refractivity contribution in [1.82, 2.24) is 15.0 Å². The molecule has 0 spiro atoms. The molecule has 1 aliphatic heterocycles. The van der Waals surface area contributed by atoms with Crippen LogP contribution in [0.1, 0.15) is 34.3 Å². The van der Waals surface area contributed by atoms with E-state index in [4.69, 9.17) is 14.2 Å². The Morgan fingerprint density at radius 3 is 2.90 bits per heavy atom. The number of benzene rings is 1. The number of amides is 1. The predicted octanol–water partition coefficient (Wildman–Crippen LogP) is 2.70. The maximum absolute atomic E-state index is 13.0. The van der Waals surface area contributed by atoms with Crippen LogP contribution < -0.4 is 5.32 Å². The zero-order valence-electron chi connectivity index (χ0n) is 16.4. The molecule has 0 aliphatic carbocycles. The van der Waals surface area contributed by atoms with Crippen molar-refractivity contribution < 1.29 is 18.8 Å². The summed E-state index contributed by atoms with van der Waals surface area (Å²) in [5.74, 6) is -0.139. The third-order valence-electron chi connectivity index (χ3n) is 5.01. The lowest BCUT2D eigenvalue weighted by atomic mass is 9.96. The smallest absolute Gasteiger partial charge is 0.339 e. The summed E-state index contributed by atoms with van der Waals surface area (Å²) in [7, 11) is 0. The molecule has 8 nitrogen and oxygen atoms in total. The molecular formula is C21H22N4O4. The molecule has 0 atom stereocenters. The Bertz CT molecular complexity index is 1080. The number of esters is 1. The molecule has 3 heterocycles. The van der Waals surface area contributed by atoms with E-state index >= 15 is 0 Å². The Labute approximate surface area is 167 Å². The first-order valence-electron chi connectivity index (χ1n) is 9.58. The van der Waals surface area contributed by atoms with E-state index in [0.29, 0.717) is 17.9 Å². The summed E-state index contributed by atoms with van der Waals surface area (Å²) in [6, 6.07) is 9.10. The third-order valence-corrected chi connectivity index (χ3v) is 5.01. The molecule has 2 aromatic heterocycles. The monoisotopic (exact) mass is 394 g/mol. The minimum absolute atomic E-state index is 0.286. The number of para-hydroxylation sites is 1. The number of fused-ring (bicyclic) bond motifs is 2. The molecule has 1 aliphatic rings. The summed E-state index contributed by atoms with van der Waals surface area (Å²) >= 11 is 0. The number of likely N-dealkylation sites (N-methyl/N-ethyl adjacent to an activating group) is 1. The van der Waals surface area contributed by atoms with Crippen LogP contribution in [-0.4, -0.2) is 46.6 Å². The molecule has 0 radical (unpaired) electrons. The van der Waals surface area contributed by atoms with Crippen molar-refractivity contribution >= 4 is 28.6 Å². The van der Waals surface area contributed by atoms with Crippen LogP contribution in [0.3, 0.4) is 0 Å². The number of carbonyl (C=O) groups is 2. The number of rotatable bonds is 5. The lowest BCUT2D eigenvalue weighted by Crippen LogP contribution is -2.32. The largest absolute Gasteiger partial charge is 0.452 e. The van der Waals surface area contributed by atoms with E-state index in [-0.39, 0.29) is 5.82 Å².